The molecule has 17 heavy (non-hydrogen) atoms. The Balaban J connectivity index is 2.58. The number of nitrogens with one attached hydrogen (secondary N) is 2. The maximum absolute atomic E-state index is 11.8. The summed E-state index contributed by atoms with van der Waals surface area (Å²) in [4.78, 5) is 15.8. The highest BCUT2D eigenvalue weighted by Gasteiger charge is 2.18. The lowest BCUT2D eigenvalue weighted by Crippen LogP contribution is -2.39. The van der Waals surface area contributed by atoms with Crippen molar-refractivity contribution in [3.05, 3.63) is 24.0 Å². The molecule has 0 fully saturated rings. The fraction of sp³-hybridized carbons (Fsp3) is 0.500. The Labute approximate surface area is 102 Å². The summed E-state index contributed by atoms with van der Waals surface area (Å²) in [6, 6.07) is 3.49. The van der Waals surface area contributed by atoms with Crippen LogP contribution in [0.4, 0.5) is 5.69 Å². The van der Waals surface area contributed by atoms with Crippen LogP contribution < -0.4 is 10.6 Å². The Morgan fingerprint density at radius 2 is 2.18 bits per heavy atom. The zero-order chi connectivity index (χ0) is 12.9. The number of rotatable bonds is 5. The van der Waals surface area contributed by atoms with E-state index in [0.29, 0.717) is 12.2 Å². The van der Waals surface area contributed by atoms with Crippen molar-refractivity contribution in [2.75, 3.05) is 26.0 Å². The number of methoxy groups -OCH3 is 1. The van der Waals surface area contributed by atoms with Crippen molar-refractivity contribution < 1.29 is 9.53 Å². The minimum atomic E-state index is -0.374. The number of carbonyl (C=O) groups excluding carboxylic acids is 1. The second-order valence-corrected chi connectivity index (χ2v) is 4.33. The second-order valence-electron chi connectivity index (χ2n) is 4.33. The van der Waals surface area contributed by atoms with E-state index in [4.69, 9.17) is 4.74 Å². The number of ether oxygens (including phenoxy) is 1. The standard InChI is InChI=1S/C12H19N3O2/c1-12(2,17-4)8-15-11(16)10-6-5-9(13-3)7-14-10/h5-7,13H,8H2,1-4H3,(H,15,16). The molecule has 1 amide bonds. The molecule has 0 spiro atoms. The van der Waals surface area contributed by atoms with Gasteiger partial charge in [-0.15, -0.1) is 0 Å². The molecule has 1 heterocycles. The summed E-state index contributed by atoms with van der Waals surface area (Å²) in [6.45, 7) is 4.26. The van der Waals surface area contributed by atoms with Gasteiger partial charge in [-0.2, -0.15) is 0 Å². The maximum atomic E-state index is 11.8. The fourth-order valence-electron chi connectivity index (χ4n) is 1.13. The first kappa shape index (κ1) is 13.4. The van der Waals surface area contributed by atoms with Crippen LogP contribution in [0.2, 0.25) is 0 Å². The van der Waals surface area contributed by atoms with Gasteiger partial charge in [0.25, 0.3) is 5.91 Å². The average Bonchev–Trinajstić information content (AvgIpc) is 2.36. The lowest BCUT2D eigenvalue weighted by molar-refractivity contribution is 0.0228. The molecular formula is C12H19N3O2. The van der Waals surface area contributed by atoms with Crippen molar-refractivity contribution in [1.29, 1.82) is 0 Å². The molecule has 0 aliphatic carbocycles. The molecule has 0 aliphatic rings. The molecule has 0 atom stereocenters. The smallest absolute Gasteiger partial charge is 0.269 e. The zero-order valence-electron chi connectivity index (χ0n) is 10.7. The van der Waals surface area contributed by atoms with Crippen molar-refractivity contribution in [3.63, 3.8) is 0 Å². The van der Waals surface area contributed by atoms with E-state index in [9.17, 15) is 4.79 Å². The van der Waals surface area contributed by atoms with E-state index < -0.39 is 0 Å². The van der Waals surface area contributed by atoms with Crippen LogP contribution in [0, 0.1) is 0 Å². The number of carbonyl (C=O) groups is 1. The largest absolute Gasteiger partial charge is 0.387 e. The first-order valence-corrected chi connectivity index (χ1v) is 5.45. The van der Waals surface area contributed by atoms with E-state index in [-0.39, 0.29) is 11.5 Å². The molecule has 0 aliphatic heterocycles. The summed E-state index contributed by atoms with van der Waals surface area (Å²) < 4.78 is 5.22. The van der Waals surface area contributed by atoms with Crippen LogP contribution in [-0.4, -0.2) is 37.2 Å². The molecule has 1 aromatic heterocycles. The number of aromatic nitrogens is 1. The van der Waals surface area contributed by atoms with E-state index in [1.54, 1.807) is 26.4 Å². The van der Waals surface area contributed by atoms with E-state index in [2.05, 4.69) is 15.6 Å². The Bertz CT molecular complexity index is 374. The molecule has 5 heteroatoms. The first-order chi connectivity index (χ1) is 7.98. The van der Waals surface area contributed by atoms with Gasteiger partial charge in [-0.25, -0.2) is 4.98 Å². The van der Waals surface area contributed by atoms with Crippen LogP contribution in [0.25, 0.3) is 0 Å². The molecule has 5 nitrogen and oxygen atoms in total. The Kier molecular flexibility index (Phi) is 4.45. The van der Waals surface area contributed by atoms with Gasteiger partial charge in [0.2, 0.25) is 0 Å². The normalized spacial score (nSPS) is 11.1. The van der Waals surface area contributed by atoms with Gasteiger partial charge in [0, 0.05) is 20.7 Å². The van der Waals surface area contributed by atoms with Gasteiger partial charge in [-0.1, -0.05) is 0 Å². The minimum absolute atomic E-state index is 0.197. The summed E-state index contributed by atoms with van der Waals surface area (Å²) in [7, 11) is 3.42. The summed E-state index contributed by atoms with van der Waals surface area (Å²) in [5.74, 6) is -0.197. The molecule has 0 bridgehead atoms. The SMILES string of the molecule is CNc1ccc(C(=O)NCC(C)(C)OC)nc1. The topological polar surface area (TPSA) is 63.2 Å². The maximum Gasteiger partial charge on any atom is 0.269 e. The van der Waals surface area contributed by atoms with Crippen molar-refractivity contribution in [2.45, 2.75) is 19.4 Å². The van der Waals surface area contributed by atoms with Gasteiger partial charge in [-0.05, 0) is 26.0 Å². The molecule has 2 N–H and O–H groups in total. The van der Waals surface area contributed by atoms with E-state index in [1.165, 1.54) is 0 Å². The van der Waals surface area contributed by atoms with E-state index in [0.717, 1.165) is 5.69 Å². The first-order valence-electron chi connectivity index (χ1n) is 5.45. The Morgan fingerprint density at radius 3 is 2.65 bits per heavy atom. The zero-order valence-corrected chi connectivity index (χ0v) is 10.7. The second kappa shape index (κ2) is 5.63. The molecule has 0 unspecified atom stereocenters. The van der Waals surface area contributed by atoms with Crippen molar-refractivity contribution in [1.82, 2.24) is 10.3 Å². The molecule has 1 rings (SSSR count). The third-order valence-corrected chi connectivity index (χ3v) is 2.51. The predicted molar refractivity (Wildman–Crippen MR) is 67.2 cm³/mol. The quantitative estimate of drug-likeness (QED) is 0.809. The highest BCUT2D eigenvalue weighted by molar-refractivity contribution is 5.92. The Hall–Kier alpha value is -1.62. The highest BCUT2D eigenvalue weighted by atomic mass is 16.5. The average molecular weight is 237 g/mol. The highest BCUT2D eigenvalue weighted by Crippen LogP contribution is 2.07. The number of anilines is 1. The van der Waals surface area contributed by atoms with Crippen LogP contribution in [0.5, 0.6) is 0 Å². The lowest BCUT2D eigenvalue weighted by Gasteiger charge is -2.22. The Morgan fingerprint density at radius 1 is 1.47 bits per heavy atom. The van der Waals surface area contributed by atoms with Crippen molar-refractivity contribution in [3.8, 4) is 0 Å². The van der Waals surface area contributed by atoms with Gasteiger partial charge in [0.15, 0.2) is 0 Å². The molecule has 0 radical (unpaired) electrons. The van der Waals surface area contributed by atoms with E-state index in [1.807, 2.05) is 19.9 Å². The van der Waals surface area contributed by atoms with Crippen molar-refractivity contribution in [2.24, 2.45) is 0 Å². The third kappa shape index (κ3) is 4.03. The minimum Gasteiger partial charge on any atom is -0.387 e. The molecule has 0 aromatic carbocycles. The number of hydrogen-bond acceptors (Lipinski definition) is 4. The molecule has 0 saturated carbocycles. The number of pyridine rings is 1. The molecular weight excluding hydrogens is 218 g/mol. The van der Waals surface area contributed by atoms with Gasteiger partial charge in [0.1, 0.15) is 5.69 Å². The molecule has 0 saturated heterocycles. The molecule has 1 aromatic rings. The number of amides is 1. The molecule has 94 valence electrons. The summed E-state index contributed by atoms with van der Waals surface area (Å²) >= 11 is 0. The third-order valence-electron chi connectivity index (χ3n) is 2.51. The van der Waals surface area contributed by atoms with Crippen LogP contribution in [0.15, 0.2) is 18.3 Å². The summed E-state index contributed by atoms with van der Waals surface area (Å²) in [5, 5.41) is 5.73. The van der Waals surface area contributed by atoms with Gasteiger partial charge < -0.3 is 15.4 Å². The van der Waals surface area contributed by atoms with Crippen LogP contribution in [0.3, 0.4) is 0 Å². The van der Waals surface area contributed by atoms with Gasteiger partial charge in [0.05, 0.1) is 17.5 Å². The number of nitrogens with zero attached hydrogens (tertiary/aromatic N) is 1. The predicted octanol–water partition coefficient (Wildman–Crippen LogP) is 1.28. The lowest BCUT2D eigenvalue weighted by atomic mass is 10.1. The van der Waals surface area contributed by atoms with Crippen molar-refractivity contribution >= 4 is 11.6 Å². The summed E-state index contributed by atoms with van der Waals surface area (Å²) in [5.41, 5.74) is 0.898. The summed E-state index contributed by atoms with van der Waals surface area (Å²) in [6.07, 6.45) is 1.62. The monoisotopic (exact) mass is 237 g/mol. The fourth-order valence-corrected chi connectivity index (χ4v) is 1.13. The number of hydrogen-bond donors (Lipinski definition) is 2. The van der Waals surface area contributed by atoms with E-state index >= 15 is 0 Å². The van der Waals surface area contributed by atoms with Crippen LogP contribution in [0.1, 0.15) is 24.3 Å². The van der Waals surface area contributed by atoms with Gasteiger partial charge >= 0.3 is 0 Å². The van der Waals surface area contributed by atoms with Crippen LogP contribution >= 0.6 is 0 Å². The van der Waals surface area contributed by atoms with Gasteiger partial charge in [-0.3, -0.25) is 4.79 Å². The van der Waals surface area contributed by atoms with Crippen LogP contribution in [-0.2, 0) is 4.74 Å².